The first-order chi connectivity index (χ1) is 7.66. The molecule has 0 radical (unpaired) electrons. The van der Waals surface area contributed by atoms with E-state index in [-0.39, 0.29) is 5.91 Å². The molecule has 0 saturated heterocycles. The highest BCUT2D eigenvalue weighted by Gasteiger charge is 2.24. The van der Waals surface area contributed by atoms with E-state index in [0.29, 0.717) is 12.5 Å². The monoisotopic (exact) mass is 264 g/mol. The van der Waals surface area contributed by atoms with E-state index in [2.05, 4.69) is 19.2 Å². The Morgan fingerprint density at radius 2 is 1.71 bits per heavy atom. The summed E-state index contributed by atoms with van der Waals surface area (Å²) in [6.45, 7) is 6.91. The Kier molecular flexibility index (Phi) is 6.70. The summed E-state index contributed by atoms with van der Waals surface area (Å²) in [6, 6.07) is 0. The van der Waals surface area contributed by atoms with Crippen molar-refractivity contribution in [2.24, 2.45) is 5.92 Å². The molecular formula is C11H24N2O3S. The molecule has 17 heavy (non-hydrogen) atoms. The molecule has 0 aromatic rings. The Hall–Kier alpha value is -0.620. The summed E-state index contributed by atoms with van der Waals surface area (Å²) in [5.41, 5.74) is 0. The van der Waals surface area contributed by atoms with E-state index < -0.39 is 20.8 Å². The van der Waals surface area contributed by atoms with Crippen molar-refractivity contribution >= 4 is 15.7 Å². The minimum atomic E-state index is -3.36. The molecule has 1 N–H and O–H groups in total. The molecule has 102 valence electrons. The highest BCUT2D eigenvalue weighted by molar-refractivity contribution is 7.92. The summed E-state index contributed by atoms with van der Waals surface area (Å²) in [5.74, 6) is -0.307. The van der Waals surface area contributed by atoms with Gasteiger partial charge in [-0.3, -0.25) is 4.79 Å². The van der Waals surface area contributed by atoms with Crippen molar-refractivity contribution in [3.05, 3.63) is 0 Å². The van der Waals surface area contributed by atoms with Crippen molar-refractivity contribution in [3.63, 3.8) is 0 Å². The van der Waals surface area contributed by atoms with Crippen molar-refractivity contribution in [3.8, 4) is 0 Å². The van der Waals surface area contributed by atoms with Crippen LogP contribution >= 0.6 is 0 Å². The van der Waals surface area contributed by atoms with Gasteiger partial charge in [0.25, 0.3) is 0 Å². The molecule has 0 aromatic heterocycles. The lowest BCUT2D eigenvalue weighted by molar-refractivity contribution is -0.125. The van der Waals surface area contributed by atoms with Crippen LogP contribution in [0, 0.1) is 5.92 Å². The fraction of sp³-hybridized carbons (Fsp3) is 0.909. The second kappa shape index (κ2) is 6.96. The van der Waals surface area contributed by atoms with Gasteiger partial charge in [-0.25, -0.2) is 8.42 Å². The molecule has 0 spiro atoms. The Bertz CT molecular complexity index is 337. The predicted molar refractivity (Wildman–Crippen MR) is 69.7 cm³/mol. The number of nitrogens with zero attached hydrogens (tertiary/aromatic N) is 1. The summed E-state index contributed by atoms with van der Waals surface area (Å²) < 4.78 is 23.7. The van der Waals surface area contributed by atoms with Crippen LogP contribution in [0.1, 0.15) is 20.8 Å². The van der Waals surface area contributed by atoms with Gasteiger partial charge in [-0.2, -0.15) is 0 Å². The summed E-state index contributed by atoms with van der Waals surface area (Å²) in [5, 5.41) is 2.55. The molecule has 1 unspecified atom stereocenters. The number of nitrogens with one attached hydrogen (secondary N) is 1. The molecule has 0 bridgehead atoms. The fourth-order valence-electron chi connectivity index (χ4n) is 1.15. The Morgan fingerprint density at radius 3 is 2.12 bits per heavy atom. The Morgan fingerprint density at radius 1 is 1.18 bits per heavy atom. The molecule has 5 nitrogen and oxygen atoms in total. The number of amides is 1. The molecule has 0 aliphatic carbocycles. The van der Waals surface area contributed by atoms with Gasteiger partial charge >= 0.3 is 0 Å². The van der Waals surface area contributed by atoms with Crippen molar-refractivity contribution < 1.29 is 13.2 Å². The fourth-order valence-corrected chi connectivity index (χ4v) is 2.40. The lowest BCUT2D eigenvalue weighted by Crippen LogP contribution is -2.38. The van der Waals surface area contributed by atoms with Gasteiger partial charge in [0.15, 0.2) is 9.84 Å². The number of hydrogen-bond acceptors (Lipinski definition) is 4. The zero-order valence-electron chi connectivity index (χ0n) is 11.4. The van der Waals surface area contributed by atoms with Crippen LogP contribution in [0.15, 0.2) is 0 Å². The maximum atomic E-state index is 11.8. The van der Waals surface area contributed by atoms with Crippen LogP contribution in [0.25, 0.3) is 0 Å². The van der Waals surface area contributed by atoms with E-state index in [1.807, 2.05) is 0 Å². The van der Waals surface area contributed by atoms with Crippen LogP contribution in [-0.4, -0.2) is 57.4 Å². The van der Waals surface area contributed by atoms with Gasteiger partial charge in [0.2, 0.25) is 5.91 Å². The minimum Gasteiger partial charge on any atom is -0.348 e. The predicted octanol–water partition coefficient (Wildman–Crippen LogP) is 0.124. The van der Waals surface area contributed by atoms with Crippen LogP contribution in [0.5, 0.6) is 0 Å². The third-order valence-electron chi connectivity index (χ3n) is 2.42. The second-order valence-corrected chi connectivity index (χ2v) is 7.38. The lowest BCUT2D eigenvalue weighted by Gasteiger charge is -2.16. The average molecular weight is 264 g/mol. The first-order valence-corrected chi connectivity index (χ1v) is 7.50. The molecule has 1 amide bonds. The Labute approximate surface area is 104 Å². The highest BCUT2D eigenvalue weighted by atomic mass is 32.2. The van der Waals surface area contributed by atoms with Crippen LogP contribution < -0.4 is 5.32 Å². The van der Waals surface area contributed by atoms with Crippen LogP contribution in [0.2, 0.25) is 0 Å². The minimum absolute atomic E-state index is 0.374. The molecule has 6 heteroatoms. The third kappa shape index (κ3) is 6.63. The van der Waals surface area contributed by atoms with Crippen molar-refractivity contribution in [2.75, 3.05) is 32.9 Å². The largest absolute Gasteiger partial charge is 0.348 e. The maximum Gasteiger partial charge on any atom is 0.237 e. The van der Waals surface area contributed by atoms with Gasteiger partial charge in [0, 0.05) is 20.6 Å². The molecule has 0 aliphatic rings. The van der Waals surface area contributed by atoms with E-state index in [9.17, 15) is 13.2 Å². The second-order valence-electron chi connectivity index (χ2n) is 4.96. The first kappa shape index (κ1) is 16.4. The lowest BCUT2D eigenvalue weighted by atomic mass is 10.2. The van der Waals surface area contributed by atoms with Gasteiger partial charge < -0.3 is 10.2 Å². The number of carbonyl (C=O) groups is 1. The summed E-state index contributed by atoms with van der Waals surface area (Å²) in [7, 11) is -0.246. The molecule has 0 aromatic carbocycles. The molecule has 0 rings (SSSR count). The standard InChI is InChI=1S/C11H24N2O3S/c1-9(2)6-12-7-10(3)17(15,16)8-11(14)13(4)5/h9-10,12H,6-8H2,1-5H3. The van der Waals surface area contributed by atoms with Gasteiger partial charge in [0.05, 0.1) is 5.25 Å². The van der Waals surface area contributed by atoms with Crippen LogP contribution in [0.3, 0.4) is 0 Å². The molecule has 0 saturated carbocycles. The zero-order chi connectivity index (χ0) is 13.6. The van der Waals surface area contributed by atoms with Gasteiger partial charge in [-0.1, -0.05) is 13.8 Å². The highest BCUT2D eigenvalue weighted by Crippen LogP contribution is 2.02. The molecule has 1 atom stereocenters. The van der Waals surface area contributed by atoms with Crippen LogP contribution in [0.4, 0.5) is 0 Å². The summed E-state index contributed by atoms with van der Waals surface area (Å²) in [4.78, 5) is 12.7. The van der Waals surface area contributed by atoms with Crippen molar-refractivity contribution in [1.29, 1.82) is 0 Å². The van der Waals surface area contributed by atoms with E-state index in [1.165, 1.54) is 4.90 Å². The van der Waals surface area contributed by atoms with Gasteiger partial charge in [-0.05, 0) is 19.4 Å². The SMILES string of the molecule is CC(C)CNCC(C)S(=O)(=O)CC(=O)N(C)C. The van der Waals surface area contributed by atoms with Crippen molar-refractivity contribution in [2.45, 2.75) is 26.0 Å². The number of hydrogen-bond donors (Lipinski definition) is 1. The normalized spacial score (nSPS) is 13.8. The number of rotatable bonds is 7. The molecule has 0 fully saturated rings. The topological polar surface area (TPSA) is 66.5 Å². The van der Waals surface area contributed by atoms with Gasteiger partial charge in [-0.15, -0.1) is 0 Å². The summed E-state index contributed by atoms with van der Waals surface area (Å²) in [6.07, 6.45) is 0. The maximum absolute atomic E-state index is 11.8. The third-order valence-corrected chi connectivity index (χ3v) is 4.46. The summed E-state index contributed by atoms with van der Waals surface area (Å²) >= 11 is 0. The van der Waals surface area contributed by atoms with E-state index in [4.69, 9.17) is 0 Å². The Balaban J connectivity index is 4.26. The molecular weight excluding hydrogens is 240 g/mol. The number of sulfone groups is 1. The average Bonchev–Trinajstić information content (AvgIpc) is 2.15. The van der Waals surface area contributed by atoms with E-state index in [0.717, 1.165) is 6.54 Å². The molecule has 0 heterocycles. The van der Waals surface area contributed by atoms with E-state index in [1.54, 1.807) is 21.0 Å². The first-order valence-electron chi connectivity index (χ1n) is 5.79. The van der Waals surface area contributed by atoms with Crippen LogP contribution in [-0.2, 0) is 14.6 Å². The van der Waals surface area contributed by atoms with E-state index >= 15 is 0 Å². The van der Waals surface area contributed by atoms with Crippen molar-refractivity contribution in [1.82, 2.24) is 10.2 Å². The van der Waals surface area contributed by atoms with Gasteiger partial charge in [0.1, 0.15) is 5.75 Å². The number of carbonyl (C=O) groups excluding carboxylic acids is 1. The molecule has 0 aliphatic heterocycles. The smallest absolute Gasteiger partial charge is 0.237 e. The zero-order valence-corrected chi connectivity index (χ0v) is 12.2. The quantitative estimate of drug-likeness (QED) is 0.709.